The second-order valence-electron chi connectivity index (χ2n) is 8.71. The van der Waals surface area contributed by atoms with Gasteiger partial charge in [0, 0.05) is 43.5 Å². The number of rotatable bonds is 8. The van der Waals surface area contributed by atoms with Crippen LogP contribution in [-0.2, 0) is 9.53 Å². The lowest BCUT2D eigenvalue weighted by molar-refractivity contribution is -0.119. The lowest BCUT2D eigenvalue weighted by Crippen LogP contribution is -2.26. The maximum Gasteiger partial charge on any atom is 0.223 e. The van der Waals surface area contributed by atoms with Crippen LogP contribution in [0.25, 0.3) is 22.2 Å². The first-order valence-electron chi connectivity index (χ1n) is 11.8. The first-order chi connectivity index (χ1) is 17.1. The molecule has 0 saturated carbocycles. The largest absolute Gasteiger partial charge is 0.493 e. The molecule has 1 amide bonds. The van der Waals surface area contributed by atoms with E-state index in [0.717, 1.165) is 29.3 Å². The minimum atomic E-state index is 0.0392. The number of ether oxygens (including phenoxy) is 5. The number of benzene rings is 1. The SMILES string of the molecule is COc1cc(-c2cc3ncccc3c(OC[C@H]3CNC(=O)C3)n2)cc(OC)c1OC1CCOCC1. The maximum atomic E-state index is 11.6. The van der Waals surface area contributed by atoms with Crippen LogP contribution in [0.2, 0.25) is 0 Å². The Morgan fingerprint density at radius 2 is 1.89 bits per heavy atom. The number of nitrogens with one attached hydrogen (secondary N) is 1. The van der Waals surface area contributed by atoms with E-state index >= 15 is 0 Å². The van der Waals surface area contributed by atoms with E-state index in [1.807, 2.05) is 30.3 Å². The summed E-state index contributed by atoms with van der Waals surface area (Å²) in [6.45, 7) is 2.35. The zero-order valence-electron chi connectivity index (χ0n) is 19.9. The summed E-state index contributed by atoms with van der Waals surface area (Å²) in [5.74, 6) is 2.33. The highest BCUT2D eigenvalue weighted by Gasteiger charge is 2.24. The molecule has 2 saturated heterocycles. The summed E-state index contributed by atoms with van der Waals surface area (Å²) in [7, 11) is 3.21. The smallest absolute Gasteiger partial charge is 0.223 e. The van der Waals surface area contributed by atoms with Crippen LogP contribution < -0.4 is 24.3 Å². The number of fused-ring (bicyclic) bond motifs is 1. The van der Waals surface area contributed by atoms with E-state index in [1.165, 1.54) is 0 Å². The van der Waals surface area contributed by atoms with Gasteiger partial charge in [-0.1, -0.05) is 0 Å². The topological polar surface area (TPSA) is 101 Å². The van der Waals surface area contributed by atoms with Crippen molar-refractivity contribution in [3.05, 3.63) is 36.5 Å². The van der Waals surface area contributed by atoms with E-state index < -0.39 is 0 Å². The second kappa shape index (κ2) is 10.4. The van der Waals surface area contributed by atoms with Crippen molar-refractivity contribution in [1.82, 2.24) is 15.3 Å². The molecule has 1 N–H and O–H groups in total. The zero-order valence-corrected chi connectivity index (χ0v) is 19.9. The van der Waals surface area contributed by atoms with E-state index in [2.05, 4.69) is 10.3 Å². The van der Waals surface area contributed by atoms with E-state index in [4.69, 9.17) is 28.7 Å². The molecule has 184 valence electrons. The van der Waals surface area contributed by atoms with Crippen LogP contribution in [0.5, 0.6) is 23.1 Å². The molecule has 5 rings (SSSR count). The van der Waals surface area contributed by atoms with Crippen molar-refractivity contribution in [1.29, 1.82) is 0 Å². The average Bonchev–Trinajstić information content (AvgIpc) is 3.32. The molecule has 0 bridgehead atoms. The lowest BCUT2D eigenvalue weighted by atomic mass is 10.1. The Morgan fingerprint density at radius 1 is 1.11 bits per heavy atom. The van der Waals surface area contributed by atoms with E-state index in [-0.39, 0.29) is 17.9 Å². The van der Waals surface area contributed by atoms with Gasteiger partial charge in [-0.25, -0.2) is 4.98 Å². The van der Waals surface area contributed by atoms with Crippen LogP contribution in [0, 0.1) is 5.92 Å². The second-order valence-corrected chi connectivity index (χ2v) is 8.71. The van der Waals surface area contributed by atoms with Crippen molar-refractivity contribution in [3.63, 3.8) is 0 Å². The summed E-state index contributed by atoms with van der Waals surface area (Å²) in [5.41, 5.74) is 2.21. The van der Waals surface area contributed by atoms with Gasteiger partial charge in [-0.15, -0.1) is 0 Å². The normalized spacial score (nSPS) is 18.3. The van der Waals surface area contributed by atoms with Crippen LogP contribution in [-0.4, -0.2) is 62.6 Å². The molecule has 9 heteroatoms. The van der Waals surface area contributed by atoms with Gasteiger partial charge in [-0.3, -0.25) is 9.78 Å². The third-order valence-corrected chi connectivity index (χ3v) is 6.29. The Morgan fingerprint density at radius 3 is 2.57 bits per heavy atom. The summed E-state index contributed by atoms with van der Waals surface area (Å²) in [5, 5.41) is 3.65. The number of amides is 1. The van der Waals surface area contributed by atoms with Crippen molar-refractivity contribution in [3.8, 4) is 34.4 Å². The standard InChI is InChI=1S/C26H29N3O6/c1-31-22-11-17(12-23(32-2)25(22)35-18-5-8-33-9-6-18)20-13-21-19(4-3-7-27-21)26(29-20)34-15-16-10-24(30)28-14-16/h3-4,7,11-13,16,18H,5-6,8-10,14-15H2,1-2H3,(H,28,30)/t16-/m1/s1. The molecule has 3 aromatic rings. The fraction of sp³-hybridized carbons (Fsp3) is 0.423. The summed E-state index contributed by atoms with van der Waals surface area (Å²) < 4.78 is 29.2. The molecular formula is C26H29N3O6. The molecule has 9 nitrogen and oxygen atoms in total. The van der Waals surface area contributed by atoms with Crippen LogP contribution in [0.1, 0.15) is 19.3 Å². The van der Waals surface area contributed by atoms with Crippen LogP contribution in [0.4, 0.5) is 0 Å². The average molecular weight is 480 g/mol. The number of nitrogens with zero attached hydrogens (tertiary/aromatic N) is 2. The maximum absolute atomic E-state index is 11.6. The molecular weight excluding hydrogens is 450 g/mol. The summed E-state index contributed by atoms with van der Waals surface area (Å²) in [4.78, 5) is 20.9. The lowest BCUT2D eigenvalue weighted by Gasteiger charge is -2.25. The number of carbonyl (C=O) groups is 1. The molecule has 1 atom stereocenters. The molecule has 4 heterocycles. The molecule has 2 aliphatic rings. The van der Waals surface area contributed by atoms with Gasteiger partial charge >= 0.3 is 0 Å². The highest BCUT2D eigenvalue weighted by atomic mass is 16.5. The minimum absolute atomic E-state index is 0.0392. The Bertz CT molecular complexity index is 1190. The monoisotopic (exact) mass is 479 g/mol. The van der Waals surface area contributed by atoms with Gasteiger partial charge < -0.3 is 29.0 Å². The molecule has 0 spiro atoms. The Labute approximate surface area is 203 Å². The molecule has 2 fully saturated rings. The minimum Gasteiger partial charge on any atom is -0.493 e. The number of hydrogen-bond acceptors (Lipinski definition) is 8. The van der Waals surface area contributed by atoms with Crippen LogP contribution in [0.15, 0.2) is 36.5 Å². The van der Waals surface area contributed by atoms with Gasteiger partial charge in [0.15, 0.2) is 11.5 Å². The quantitative estimate of drug-likeness (QED) is 0.525. The van der Waals surface area contributed by atoms with Crippen molar-refractivity contribution in [2.75, 3.05) is 40.6 Å². The molecule has 2 aromatic heterocycles. The molecule has 0 unspecified atom stereocenters. The third kappa shape index (κ3) is 5.09. The zero-order chi connectivity index (χ0) is 24.2. The van der Waals surface area contributed by atoms with Crippen molar-refractivity contribution >= 4 is 16.8 Å². The van der Waals surface area contributed by atoms with Crippen molar-refractivity contribution in [2.45, 2.75) is 25.4 Å². The number of aromatic nitrogens is 2. The first kappa shape index (κ1) is 23.2. The van der Waals surface area contributed by atoms with E-state index in [1.54, 1.807) is 20.4 Å². The molecule has 35 heavy (non-hydrogen) atoms. The Hall–Kier alpha value is -3.59. The van der Waals surface area contributed by atoms with Crippen molar-refractivity contribution < 1.29 is 28.5 Å². The van der Waals surface area contributed by atoms with Gasteiger partial charge in [0.2, 0.25) is 17.5 Å². The van der Waals surface area contributed by atoms with Gasteiger partial charge in [-0.05, 0) is 30.3 Å². The highest BCUT2D eigenvalue weighted by molar-refractivity contribution is 5.87. The first-order valence-corrected chi connectivity index (χ1v) is 11.8. The van der Waals surface area contributed by atoms with Gasteiger partial charge in [0.1, 0.15) is 6.10 Å². The van der Waals surface area contributed by atoms with E-state index in [0.29, 0.717) is 61.6 Å². The predicted octanol–water partition coefficient (Wildman–Crippen LogP) is 3.39. The number of methoxy groups -OCH3 is 2. The van der Waals surface area contributed by atoms with Gasteiger partial charge in [-0.2, -0.15) is 0 Å². The molecule has 1 aromatic carbocycles. The van der Waals surface area contributed by atoms with Crippen LogP contribution >= 0.6 is 0 Å². The molecule has 2 aliphatic heterocycles. The number of carbonyl (C=O) groups excluding carboxylic acids is 1. The molecule has 0 aliphatic carbocycles. The number of pyridine rings is 2. The van der Waals surface area contributed by atoms with E-state index in [9.17, 15) is 4.79 Å². The summed E-state index contributed by atoms with van der Waals surface area (Å²) >= 11 is 0. The number of hydrogen-bond donors (Lipinski definition) is 1. The van der Waals surface area contributed by atoms with Crippen molar-refractivity contribution in [2.24, 2.45) is 5.92 Å². The Balaban J connectivity index is 1.49. The van der Waals surface area contributed by atoms with Gasteiger partial charge in [0.25, 0.3) is 0 Å². The third-order valence-electron chi connectivity index (χ3n) is 6.29. The predicted molar refractivity (Wildman–Crippen MR) is 129 cm³/mol. The summed E-state index contributed by atoms with van der Waals surface area (Å²) in [6, 6.07) is 9.47. The van der Waals surface area contributed by atoms with Gasteiger partial charge in [0.05, 0.1) is 50.6 Å². The Kier molecular flexibility index (Phi) is 6.85. The summed E-state index contributed by atoms with van der Waals surface area (Å²) in [6.07, 6.45) is 3.86. The highest BCUT2D eigenvalue weighted by Crippen LogP contribution is 2.43. The van der Waals surface area contributed by atoms with Crippen LogP contribution in [0.3, 0.4) is 0 Å². The fourth-order valence-electron chi connectivity index (χ4n) is 4.39. The fourth-order valence-corrected chi connectivity index (χ4v) is 4.39. The molecule has 0 radical (unpaired) electrons.